The molecule has 1 amide bonds. The normalized spacial score (nSPS) is 13.0. The Hall–Kier alpha value is -1.44. The van der Waals surface area contributed by atoms with Gasteiger partial charge in [-0.3, -0.25) is 0 Å². The Bertz CT molecular complexity index is 598. The van der Waals surface area contributed by atoms with Crippen LogP contribution in [0.1, 0.15) is 59.8 Å². The molecule has 0 saturated heterocycles. The van der Waals surface area contributed by atoms with Gasteiger partial charge in [0.05, 0.1) is 5.75 Å². The molecular weight excluding hydrogens is 316 g/mol. The van der Waals surface area contributed by atoms with Gasteiger partial charge in [0, 0.05) is 12.6 Å². The summed E-state index contributed by atoms with van der Waals surface area (Å²) in [6, 6.07) is -0.242. The molecular formula is C15H28N4O3S. The molecule has 0 aliphatic rings. The number of aromatic nitrogens is 3. The molecule has 0 radical (unpaired) electrons. The highest BCUT2D eigenvalue weighted by Gasteiger charge is 2.25. The Morgan fingerprint density at radius 2 is 1.96 bits per heavy atom. The average Bonchev–Trinajstić information content (AvgIpc) is 3.01. The summed E-state index contributed by atoms with van der Waals surface area (Å²) >= 11 is 0. The van der Waals surface area contributed by atoms with E-state index in [1.54, 1.807) is 4.90 Å². The summed E-state index contributed by atoms with van der Waals surface area (Å²) in [4.78, 5) is 18.1. The molecule has 0 spiro atoms. The monoisotopic (exact) mass is 344 g/mol. The van der Waals surface area contributed by atoms with Gasteiger partial charge in [-0.15, -0.1) is 5.10 Å². The predicted octanol–water partition coefficient (Wildman–Crippen LogP) is 2.72. The van der Waals surface area contributed by atoms with Crippen molar-refractivity contribution in [1.82, 2.24) is 19.7 Å². The van der Waals surface area contributed by atoms with E-state index in [1.165, 1.54) is 6.33 Å². The van der Waals surface area contributed by atoms with Crippen LogP contribution in [0.2, 0.25) is 0 Å². The first-order valence-electron chi connectivity index (χ1n) is 8.32. The minimum absolute atomic E-state index is 0.00656. The van der Waals surface area contributed by atoms with Crippen molar-refractivity contribution in [3.05, 3.63) is 6.33 Å². The molecule has 0 N–H and O–H groups in total. The molecule has 1 unspecified atom stereocenters. The van der Waals surface area contributed by atoms with Gasteiger partial charge in [-0.1, -0.05) is 33.6 Å². The number of nitrogens with zero attached hydrogens (tertiary/aromatic N) is 4. The van der Waals surface area contributed by atoms with E-state index in [2.05, 4.69) is 17.0 Å². The quantitative estimate of drug-likeness (QED) is 0.687. The minimum Gasteiger partial charge on any atom is -0.320 e. The van der Waals surface area contributed by atoms with Gasteiger partial charge in [-0.2, -0.15) is 4.68 Å². The van der Waals surface area contributed by atoms with E-state index in [9.17, 15) is 13.2 Å². The first-order valence-corrected chi connectivity index (χ1v) is 9.97. The van der Waals surface area contributed by atoms with Crippen LogP contribution in [0.25, 0.3) is 0 Å². The lowest BCUT2D eigenvalue weighted by Crippen LogP contribution is -2.42. The Balaban J connectivity index is 2.95. The molecule has 0 fully saturated rings. The zero-order valence-electron chi connectivity index (χ0n) is 14.5. The van der Waals surface area contributed by atoms with Crippen LogP contribution in [0.5, 0.6) is 0 Å². The number of carbonyl (C=O) groups excluding carboxylic acids is 1. The van der Waals surface area contributed by atoms with Crippen LogP contribution in [0, 0.1) is 0 Å². The molecule has 8 heteroatoms. The Labute approximate surface area is 139 Å². The third kappa shape index (κ3) is 5.30. The molecule has 1 rings (SSSR count). The van der Waals surface area contributed by atoms with Crippen LogP contribution in [-0.2, 0) is 9.84 Å². The second-order valence-corrected chi connectivity index (χ2v) is 7.76. The SMILES string of the molecule is CCCCS(=O)(=O)c1ncn(C(=O)N(CCC)C(C)CCC)n1. The van der Waals surface area contributed by atoms with Crippen molar-refractivity contribution in [3.8, 4) is 0 Å². The largest absolute Gasteiger partial charge is 0.346 e. The van der Waals surface area contributed by atoms with E-state index in [0.29, 0.717) is 13.0 Å². The lowest BCUT2D eigenvalue weighted by Gasteiger charge is -2.28. The van der Waals surface area contributed by atoms with Crippen LogP contribution in [0.4, 0.5) is 4.79 Å². The first-order chi connectivity index (χ1) is 10.9. The number of amides is 1. The van der Waals surface area contributed by atoms with Crippen LogP contribution in [-0.4, -0.2) is 52.5 Å². The molecule has 1 heterocycles. The third-order valence-electron chi connectivity index (χ3n) is 3.66. The van der Waals surface area contributed by atoms with Crippen molar-refractivity contribution in [3.63, 3.8) is 0 Å². The van der Waals surface area contributed by atoms with Crippen LogP contribution >= 0.6 is 0 Å². The average molecular weight is 344 g/mol. The van der Waals surface area contributed by atoms with E-state index in [4.69, 9.17) is 0 Å². The van der Waals surface area contributed by atoms with Gasteiger partial charge in [0.1, 0.15) is 6.33 Å². The number of hydrogen-bond donors (Lipinski definition) is 0. The standard InChI is InChI=1S/C15H28N4O3S/c1-5-8-11-23(21,22)14-16-12-19(17-14)15(20)18(10-7-3)13(4)9-6-2/h12-13H,5-11H2,1-4H3. The maximum atomic E-state index is 12.6. The number of rotatable bonds is 9. The molecule has 0 saturated carbocycles. The Kier molecular flexibility index (Phi) is 7.67. The van der Waals surface area contributed by atoms with Crippen molar-refractivity contribution in [2.75, 3.05) is 12.3 Å². The molecule has 0 bridgehead atoms. The smallest absolute Gasteiger partial charge is 0.320 e. The van der Waals surface area contributed by atoms with E-state index < -0.39 is 9.84 Å². The lowest BCUT2D eigenvalue weighted by atomic mass is 10.1. The van der Waals surface area contributed by atoms with Crippen molar-refractivity contribution in [2.24, 2.45) is 0 Å². The first kappa shape index (κ1) is 19.6. The molecule has 23 heavy (non-hydrogen) atoms. The predicted molar refractivity (Wildman–Crippen MR) is 89.1 cm³/mol. The number of carbonyl (C=O) groups is 1. The third-order valence-corrected chi connectivity index (χ3v) is 5.23. The van der Waals surface area contributed by atoms with Crippen LogP contribution < -0.4 is 0 Å². The molecule has 7 nitrogen and oxygen atoms in total. The summed E-state index contributed by atoms with van der Waals surface area (Å²) < 4.78 is 25.2. The highest BCUT2D eigenvalue weighted by molar-refractivity contribution is 7.91. The Morgan fingerprint density at radius 1 is 1.26 bits per heavy atom. The number of unbranched alkanes of at least 4 members (excludes halogenated alkanes) is 1. The molecule has 1 aromatic rings. The molecule has 0 aliphatic carbocycles. The number of sulfone groups is 1. The fraction of sp³-hybridized carbons (Fsp3) is 0.800. The van der Waals surface area contributed by atoms with Gasteiger partial charge < -0.3 is 4.90 Å². The van der Waals surface area contributed by atoms with Crippen LogP contribution in [0.3, 0.4) is 0 Å². The van der Waals surface area contributed by atoms with Crippen molar-refractivity contribution >= 4 is 15.9 Å². The fourth-order valence-electron chi connectivity index (χ4n) is 2.36. The van der Waals surface area contributed by atoms with Gasteiger partial charge >= 0.3 is 6.03 Å². The van der Waals surface area contributed by atoms with Gasteiger partial charge in [-0.25, -0.2) is 18.2 Å². The summed E-state index contributed by atoms with van der Waals surface area (Å²) in [5, 5.41) is 3.64. The lowest BCUT2D eigenvalue weighted by molar-refractivity contribution is 0.173. The maximum absolute atomic E-state index is 12.6. The van der Waals surface area contributed by atoms with Crippen molar-refractivity contribution < 1.29 is 13.2 Å². The minimum atomic E-state index is -3.52. The van der Waals surface area contributed by atoms with Gasteiger partial charge in [0.25, 0.3) is 5.16 Å². The topological polar surface area (TPSA) is 85.2 Å². The maximum Gasteiger partial charge on any atom is 0.346 e. The summed E-state index contributed by atoms with van der Waals surface area (Å²) in [5.41, 5.74) is 0. The number of hydrogen-bond acceptors (Lipinski definition) is 5. The van der Waals surface area contributed by atoms with Gasteiger partial charge in [-0.05, 0) is 26.2 Å². The molecule has 1 atom stereocenters. The van der Waals surface area contributed by atoms with E-state index in [0.717, 1.165) is 30.4 Å². The van der Waals surface area contributed by atoms with Crippen LogP contribution in [0.15, 0.2) is 11.5 Å². The second-order valence-electron chi connectivity index (χ2n) is 5.76. The van der Waals surface area contributed by atoms with Crippen molar-refractivity contribution in [2.45, 2.75) is 71.0 Å². The van der Waals surface area contributed by atoms with E-state index in [-0.39, 0.29) is 23.0 Å². The second kappa shape index (κ2) is 9.00. The van der Waals surface area contributed by atoms with Gasteiger partial charge in [0.15, 0.2) is 0 Å². The zero-order chi connectivity index (χ0) is 17.5. The summed E-state index contributed by atoms with van der Waals surface area (Å²) in [6.45, 7) is 8.59. The molecule has 1 aromatic heterocycles. The van der Waals surface area contributed by atoms with E-state index in [1.807, 2.05) is 20.8 Å². The highest BCUT2D eigenvalue weighted by Crippen LogP contribution is 2.11. The summed E-state index contributed by atoms with van der Waals surface area (Å²) in [6.07, 6.45) is 5.22. The molecule has 0 aromatic carbocycles. The Morgan fingerprint density at radius 3 is 2.52 bits per heavy atom. The summed E-state index contributed by atoms with van der Waals surface area (Å²) in [7, 11) is -3.52. The van der Waals surface area contributed by atoms with Crippen molar-refractivity contribution in [1.29, 1.82) is 0 Å². The van der Waals surface area contributed by atoms with E-state index >= 15 is 0 Å². The van der Waals surface area contributed by atoms with Gasteiger partial charge in [0.2, 0.25) is 9.84 Å². The highest BCUT2D eigenvalue weighted by atomic mass is 32.2. The molecule has 0 aliphatic heterocycles. The fourth-order valence-corrected chi connectivity index (χ4v) is 3.63. The summed E-state index contributed by atoms with van der Waals surface area (Å²) in [5.74, 6) is 0.00656. The zero-order valence-corrected chi connectivity index (χ0v) is 15.3. The molecule has 132 valence electrons.